The Morgan fingerprint density at radius 3 is 2.86 bits per heavy atom. The lowest BCUT2D eigenvalue weighted by molar-refractivity contribution is 1.36. The highest BCUT2D eigenvalue weighted by atomic mass is 35.5. The summed E-state index contributed by atoms with van der Waals surface area (Å²) in [5.74, 6) is 0.689. The first kappa shape index (κ1) is 11.8. The Morgan fingerprint density at radius 1 is 1.57 bits per heavy atom. The molecule has 0 saturated carbocycles. The second-order valence-corrected chi connectivity index (χ2v) is 4.62. The van der Waals surface area contributed by atoms with Crippen LogP contribution in [0.2, 0.25) is 0 Å². The lowest BCUT2D eigenvalue weighted by Gasteiger charge is -2.03. The monoisotopic (exact) mass is 247 g/mol. The van der Waals surface area contributed by atoms with Gasteiger partial charge in [-0.3, -0.25) is 0 Å². The Balaban J connectivity index is 2.64. The van der Waals surface area contributed by atoms with E-state index in [-0.39, 0.29) is 0 Å². The zero-order valence-corrected chi connectivity index (χ0v) is 10.1. The molecule has 0 bridgehead atoms. The van der Waals surface area contributed by atoms with Gasteiger partial charge in [0.15, 0.2) is 0 Å². The molecule has 0 fully saturated rings. The molecule has 14 heavy (non-hydrogen) atoms. The van der Waals surface area contributed by atoms with Crippen molar-refractivity contribution in [2.24, 2.45) is 0 Å². The minimum atomic E-state index is 0.645. The normalized spacial score (nSPS) is 11.8. The molecule has 76 valence electrons. The van der Waals surface area contributed by atoms with Gasteiger partial charge in [-0.15, -0.1) is 11.8 Å². The summed E-state index contributed by atoms with van der Waals surface area (Å²) < 4.78 is 0. The van der Waals surface area contributed by atoms with Crippen molar-refractivity contribution in [1.82, 2.24) is 0 Å². The van der Waals surface area contributed by atoms with Gasteiger partial charge in [-0.05, 0) is 30.7 Å². The maximum atomic E-state index is 5.77. The van der Waals surface area contributed by atoms with Crippen molar-refractivity contribution in [2.45, 2.75) is 11.8 Å². The first-order valence-corrected chi connectivity index (χ1v) is 5.87. The number of hydrogen-bond acceptors (Lipinski definition) is 2. The van der Waals surface area contributed by atoms with Crippen molar-refractivity contribution in [1.29, 1.82) is 0 Å². The summed E-state index contributed by atoms with van der Waals surface area (Å²) in [5, 5.41) is 0.645. The van der Waals surface area contributed by atoms with E-state index in [2.05, 4.69) is 0 Å². The fourth-order valence-corrected chi connectivity index (χ4v) is 2.07. The molecule has 4 heteroatoms. The predicted molar refractivity (Wildman–Crippen MR) is 66.1 cm³/mol. The van der Waals surface area contributed by atoms with Crippen molar-refractivity contribution in [3.8, 4) is 0 Å². The van der Waals surface area contributed by atoms with E-state index in [1.807, 2.05) is 25.1 Å². The van der Waals surface area contributed by atoms with Gasteiger partial charge in [0.1, 0.15) is 0 Å². The molecular weight excluding hydrogens is 237 g/mol. The third-order valence-electron chi connectivity index (χ3n) is 1.74. The van der Waals surface area contributed by atoms with Crippen LogP contribution in [0.15, 0.2) is 33.7 Å². The third kappa shape index (κ3) is 3.45. The molecule has 0 aliphatic heterocycles. The number of nitrogen functional groups attached to an aromatic ring is 1. The van der Waals surface area contributed by atoms with Crippen LogP contribution >= 0.6 is 35.0 Å². The molecule has 1 aromatic carbocycles. The standard InChI is InChI=1S/C10H11Cl2NS/c1-7-4-9(2-3-10(7)13)14-6-8(12)5-11/h2-5H,6,13H2,1H3. The topological polar surface area (TPSA) is 26.0 Å². The summed E-state index contributed by atoms with van der Waals surface area (Å²) in [6.45, 7) is 1.98. The average Bonchev–Trinajstić information content (AvgIpc) is 2.19. The SMILES string of the molecule is Cc1cc(SCC(Cl)=CCl)ccc1N. The molecule has 0 aromatic heterocycles. The molecule has 1 nitrogen and oxygen atoms in total. The zero-order valence-electron chi connectivity index (χ0n) is 7.76. The largest absolute Gasteiger partial charge is 0.399 e. The molecule has 0 amide bonds. The number of aryl methyl sites for hydroxylation is 1. The van der Waals surface area contributed by atoms with Crippen molar-refractivity contribution >= 4 is 40.7 Å². The second kappa shape index (κ2) is 5.54. The van der Waals surface area contributed by atoms with Crippen LogP contribution in [0.25, 0.3) is 0 Å². The Labute approximate surface area is 98.3 Å². The van der Waals surface area contributed by atoms with Gasteiger partial charge in [0.2, 0.25) is 0 Å². The molecule has 1 rings (SSSR count). The van der Waals surface area contributed by atoms with E-state index in [4.69, 9.17) is 28.9 Å². The molecule has 0 radical (unpaired) electrons. The number of thioether (sulfide) groups is 1. The number of benzene rings is 1. The van der Waals surface area contributed by atoms with Gasteiger partial charge in [-0.2, -0.15) is 0 Å². The summed E-state index contributed by atoms with van der Waals surface area (Å²) in [6, 6.07) is 5.92. The molecule has 0 heterocycles. The second-order valence-electron chi connectivity index (χ2n) is 2.86. The van der Waals surface area contributed by atoms with Crippen LogP contribution in [0.3, 0.4) is 0 Å². The number of rotatable bonds is 3. The summed E-state index contributed by atoms with van der Waals surface area (Å²) in [4.78, 5) is 1.15. The highest BCUT2D eigenvalue weighted by Gasteiger charge is 1.98. The first-order chi connectivity index (χ1) is 6.63. The van der Waals surface area contributed by atoms with E-state index in [1.165, 1.54) is 5.54 Å². The maximum absolute atomic E-state index is 5.77. The van der Waals surface area contributed by atoms with Gasteiger partial charge in [-0.1, -0.05) is 23.2 Å². The van der Waals surface area contributed by atoms with Crippen LogP contribution in [0.5, 0.6) is 0 Å². The molecule has 0 atom stereocenters. The van der Waals surface area contributed by atoms with Crippen LogP contribution in [0, 0.1) is 6.92 Å². The minimum Gasteiger partial charge on any atom is -0.399 e. The first-order valence-electron chi connectivity index (χ1n) is 4.07. The number of nitrogens with two attached hydrogens (primary N) is 1. The van der Waals surface area contributed by atoms with E-state index in [9.17, 15) is 0 Å². The minimum absolute atomic E-state index is 0.645. The number of anilines is 1. The van der Waals surface area contributed by atoms with Crippen molar-refractivity contribution in [3.05, 3.63) is 34.3 Å². The van der Waals surface area contributed by atoms with Crippen molar-refractivity contribution in [2.75, 3.05) is 11.5 Å². The Bertz CT molecular complexity index is 350. The Hall–Kier alpha value is -0.310. The van der Waals surface area contributed by atoms with Crippen molar-refractivity contribution < 1.29 is 0 Å². The smallest absolute Gasteiger partial charge is 0.0396 e. The van der Waals surface area contributed by atoms with Crippen LogP contribution in [-0.2, 0) is 0 Å². The molecule has 2 N–H and O–H groups in total. The Morgan fingerprint density at radius 2 is 2.29 bits per heavy atom. The van der Waals surface area contributed by atoms with Crippen LogP contribution < -0.4 is 5.73 Å². The molecule has 0 saturated heterocycles. The van der Waals surface area contributed by atoms with Gasteiger partial charge in [-0.25, -0.2) is 0 Å². The lowest BCUT2D eigenvalue weighted by Crippen LogP contribution is -1.89. The number of halogens is 2. The van der Waals surface area contributed by atoms with Crippen LogP contribution in [0.4, 0.5) is 5.69 Å². The summed E-state index contributed by atoms with van der Waals surface area (Å²) in [6.07, 6.45) is 0. The van der Waals surface area contributed by atoms with Gasteiger partial charge in [0, 0.05) is 26.9 Å². The van der Waals surface area contributed by atoms with Gasteiger partial charge >= 0.3 is 0 Å². The molecule has 1 aromatic rings. The average molecular weight is 248 g/mol. The molecule has 0 aliphatic rings. The van der Waals surface area contributed by atoms with Crippen molar-refractivity contribution in [3.63, 3.8) is 0 Å². The maximum Gasteiger partial charge on any atom is 0.0396 e. The zero-order chi connectivity index (χ0) is 10.6. The highest BCUT2D eigenvalue weighted by Crippen LogP contribution is 2.25. The van der Waals surface area contributed by atoms with E-state index in [0.29, 0.717) is 10.8 Å². The van der Waals surface area contributed by atoms with Gasteiger partial charge in [0.05, 0.1) is 0 Å². The summed E-state index contributed by atoms with van der Waals surface area (Å²) in [5.41, 5.74) is 8.99. The lowest BCUT2D eigenvalue weighted by atomic mass is 10.2. The van der Waals surface area contributed by atoms with Crippen LogP contribution in [0.1, 0.15) is 5.56 Å². The van der Waals surface area contributed by atoms with Crippen LogP contribution in [-0.4, -0.2) is 5.75 Å². The van der Waals surface area contributed by atoms with E-state index < -0.39 is 0 Å². The van der Waals surface area contributed by atoms with Gasteiger partial charge in [0.25, 0.3) is 0 Å². The molecular formula is C10H11Cl2NS. The predicted octanol–water partition coefficient (Wildman–Crippen LogP) is 3.99. The summed E-state index contributed by atoms with van der Waals surface area (Å²) >= 11 is 12.9. The summed E-state index contributed by atoms with van der Waals surface area (Å²) in [7, 11) is 0. The number of hydrogen-bond donors (Lipinski definition) is 1. The third-order valence-corrected chi connectivity index (χ3v) is 3.56. The Kier molecular flexibility index (Phi) is 4.66. The fraction of sp³-hybridized carbons (Fsp3) is 0.200. The quantitative estimate of drug-likeness (QED) is 0.646. The van der Waals surface area contributed by atoms with E-state index in [0.717, 1.165) is 16.1 Å². The fourth-order valence-electron chi connectivity index (χ4n) is 0.922. The molecule has 0 aliphatic carbocycles. The van der Waals surface area contributed by atoms with Gasteiger partial charge < -0.3 is 5.73 Å². The highest BCUT2D eigenvalue weighted by molar-refractivity contribution is 7.99. The molecule has 0 unspecified atom stereocenters. The van der Waals surface area contributed by atoms with E-state index in [1.54, 1.807) is 11.8 Å². The van der Waals surface area contributed by atoms with E-state index >= 15 is 0 Å². The molecule has 0 spiro atoms.